The van der Waals surface area contributed by atoms with Crippen LogP contribution in [0.3, 0.4) is 0 Å². The quantitative estimate of drug-likeness (QED) is 0.392. The minimum atomic E-state index is -0.822. The van der Waals surface area contributed by atoms with Crippen LogP contribution in [0.4, 0.5) is 0 Å². The van der Waals surface area contributed by atoms with Crippen LogP contribution in [-0.4, -0.2) is 56.9 Å². The lowest BCUT2D eigenvalue weighted by Gasteiger charge is -2.19. The van der Waals surface area contributed by atoms with Gasteiger partial charge in [-0.15, -0.1) is 0 Å². The van der Waals surface area contributed by atoms with Crippen molar-refractivity contribution in [3.63, 3.8) is 0 Å². The van der Waals surface area contributed by atoms with Crippen LogP contribution in [-0.2, 0) is 30.2 Å². The lowest BCUT2D eigenvalue weighted by molar-refractivity contribution is -0.154. The van der Waals surface area contributed by atoms with E-state index in [0.717, 1.165) is 5.56 Å². The van der Waals surface area contributed by atoms with Crippen molar-refractivity contribution < 1.29 is 38.0 Å². The van der Waals surface area contributed by atoms with E-state index in [1.807, 2.05) is 13.8 Å². The van der Waals surface area contributed by atoms with Gasteiger partial charge in [-0.2, -0.15) is 0 Å². The zero-order valence-electron chi connectivity index (χ0n) is 19.3. The highest BCUT2D eigenvalue weighted by Crippen LogP contribution is 2.34. The van der Waals surface area contributed by atoms with E-state index in [9.17, 15) is 9.59 Å². The number of hydrogen-bond donors (Lipinski definition) is 0. The number of benzene rings is 1. The molecule has 0 spiro atoms. The first-order valence-electron chi connectivity index (χ1n) is 10.8. The third-order valence-corrected chi connectivity index (χ3v) is 5.38. The summed E-state index contributed by atoms with van der Waals surface area (Å²) in [5.74, 6) is -0.480. The van der Waals surface area contributed by atoms with Gasteiger partial charge in [0.1, 0.15) is 29.3 Å². The molecule has 2 unspecified atom stereocenters. The van der Waals surface area contributed by atoms with Crippen LogP contribution in [0.25, 0.3) is 0 Å². The third-order valence-electron chi connectivity index (χ3n) is 5.38. The molecule has 0 saturated carbocycles. The van der Waals surface area contributed by atoms with Crippen molar-refractivity contribution in [2.24, 2.45) is 0 Å². The van der Waals surface area contributed by atoms with Gasteiger partial charge in [-0.1, -0.05) is 6.08 Å². The molecule has 176 valence electrons. The second kappa shape index (κ2) is 10.5. The lowest BCUT2D eigenvalue weighted by atomic mass is 9.96. The molecule has 1 aromatic rings. The Labute approximate surface area is 188 Å². The second-order valence-electron chi connectivity index (χ2n) is 8.41. The molecule has 2 aliphatic rings. The monoisotopic (exact) mass is 448 g/mol. The van der Waals surface area contributed by atoms with Gasteiger partial charge in [0, 0.05) is 19.6 Å². The van der Waals surface area contributed by atoms with Gasteiger partial charge in [0.05, 0.1) is 13.2 Å². The number of cyclic esters (lactones) is 1. The molecule has 0 radical (unpaired) electrons. The number of ether oxygens (including phenoxy) is 6. The van der Waals surface area contributed by atoms with E-state index in [-0.39, 0.29) is 25.1 Å². The van der Waals surface area contributed by atoms with Crippen LogP contribution in [0.5, 0.6) is 11.5 Å². The highest BCUT2D eigenvalue weighted by Gasteiger charge is 2.44. The van der Waals surface area contributed by atoms with Crippen LogP contribution in [0.1, 0.15) is 56.0 Å². The Bertz CT molecular complexity index is 860. The highest BCUT2D eigenvalue weighted by molar-refractivity contribution is 5.95. The number of ketones is 1. The summed E-state index contributed by atoms with van der Waals surface area (Å²) in [7, 11) is 3.06. The van der Waals surface area contributed by atoms with Crippen molar-refractivity contribution in [3.8, 4) is 11.5 Å². The van der Waals surface area contributed by atoms with Crippen LogP contribution >= 0.6 is 0 Å². The van der Waals surface area contributed by atoms with Gasteiger partial charge in [0.15, 0.2) is 18.4 Å². The Morgan fingerprint density at radius 3 is 2.66 bits per heavy atom. The fraction of sp³-hybridized carbons (Fsp3) is 0.583. The van der Waals surface area contributed by atoms with E-state index in [4.69, 9.17) is 28.4 Å². The zero-order chi connectivity index (χ0) is 23.3. The molecule has 0 aliphatic carbocycles. The Hall–Kier alpha value is -2.42. The average molecular weight is 449 g/mol. The summed E-state index contributed by atoms with van der Waals surface area (Å²) in [4.78, 5) is 25.8. The van der Waals surface area contributed by atoms with Crippen LogP contribution in [0, 0.1) is 0 Å². The molecule has 1 saturated heterocycles. The number of esters is 1. The second-order valence-corrected chi connectivity index (χ2v) is 8.41. The first kappa shape index (κ1) is 24.2. The fourth-order valence-electron chi connectivity index (χ4n) is 4.00. The maximum Gasteiger partial charge on any atom is 0.342 e. The van der Waals surface area contributed by atoms with E-state index in [1.54, 1.807) is 38.3 Å². The average Bonchev–Trinajstić information content (AvgIpc) is 3.05. The number of aryl methyl sites for hydroxylation is 1. The van der Waals surface area contributed by atoms with E-state index in [2.05, 4.69) is 0 Å². The molecule has 0 bridgehead atoms. The number of fused-ring (bicyclic) bond motifs is 2. The van der Waals surface area contributed by atoms with E-state index in [1.165, 1.54) is 7.11 Å². The molecule has 8 heteroatoms. The third kappa shape index (κ3) is 5.88. The lowest BCUT2D eigenvalue weighted by Crippen LogP contribution is -2.31. The van der Waals surface area contributed by atoms with Gasteiger partial charge in [-0.05, 0) is 57.7 Å². The maximum atomic E-state index is 13.1. The number of Topliss-reactive ketones (excluding diaryl/α,β-unsaturated/α-hetero) is 1. The molecule has 0 N–H and O–H groups in total. The normalized spacial score (nSPS) is 26.0. The molecule has 0 aromatic heterocycles. The van der Waals surface area contributed by atoms with Gasteiger partial charge in [0.25, 0.3) is 0 Å². The van der Waals surface area contributed by atoms with E-state index >= 15 is 0 Å². The number of hydrogen-bond acceptors (Lipinski definition) is 8. The SMILES string of the molecule is COCOc1cc(OC)cc2c1C(=O)OC(C)C=CCC(=O)C1OC(C)(C)O[C@H]1CCC2. The van der Waals surface area contributed by atoms with E-state index < -0.39 is 24.0 Å². The maximum absolute atomic E-state index is 13.1. The largest absolute Gasteiger partial charge is 0.497 e. The number of allylic oxidation sites excluding steroid dienone is 1. The fourth-order valence-corrected chi connectivity index (χ4v) is 4.00. The molecule has 0 amide bonds. The summed E-state index contributed by atoms with van der Waals surface area (Å²) in [6.45, 7) is 5.34. The van der Waals surface area contributed by atoms with Crippen LogP contribution < -0.4 is 9.47 Å². The highest BCUT2D eigenvalue weighted by atomic mass is 16.8. The minimum absolute atomic E-state index is 0.0194. The predicted octanol–water partition coefficient (Wildman–Crippen LogP) is 3.60. The Morgan fingerprint density at radius 1 is 1.16 bits per heavy atom. The number of methoxy groups -OCH3 is 2. The topological polar surface area (TPSA) is 89.5 Å². The van der Waals surface area contributed by atoms with Crippen molar-refractivity contribution in [3.05, 3.63) is 35.4 Å². The molecule has 2 aliphatic heterocycles. The van der Waals surface area contributed by atoms with Gasteiger partial charge in [-0.25, -0.2) is 4.79 Å². The van der Waals surface area contributed by atoms with Gasteiger partial charge >= 0.3 is 5.97 Å². The van der Waals surface area contributed by atoms with Crippen LogP contribution in [0.2, 0.25) is 0 Å². The Morgan fingerprint density at radius 2 is 1.94 bits per heavy atom. The standard InChI is InChI=1S/C24H32O8/c1-15-8-6-10-18(25)22-19(31-24(2,3)32-22)11-7-9-16-12-17(28-5)13-20(29-14-27-4)21(16)23(26)30-15/h6,8,12-13,15,19,22H,7,9-11,14H2,1-5H3/t15?,19-,22?/m0/s1. The smallest absolute Gasteiger partial charge is 0.342 e. The van der Waals surface area contributed by atoms with Gasteiger partial charge < -0.3 is 28.4 Å². The Kier molecular flexibility index (Phi) is 7.92. The van der Waals surface area contributed by atoms with Crippen molar-refractivity contribution in [1.82, 2.24) is 0 Å². The molecule has 3 rings (SSSR count). The van der Waals surface area contributed by atoms with Gasteiger partial charge in [0.2, 0.25) is 0 Å². The summed E-state index contributed by atoms with van der Waals surface area (Å²) in [6.07, 6.45) is 3.87. The van der Waals surface area contributed by atoms with Crippen molar-refractivity contribution in [2.75, 3.05) is 21.0 Å². The number of carbonyl (C=O) groups is 2. The molecule has 1 aromatic carbocycles. The molecule has 3 atom stereocenters. The summed E-state index contributed by atoms with van der Waals surface area (Å²) in [5, 5.41) is 0. The minimum Gasteiger partial charge on any atom is -0.497 e. The zero-order valence-corrected chi connectivity index (χ0v) is 19.3. The Balaban J connectivity index is 1.96. The number of carbonyl (C=O) groups excluding carboxylic acids is 2. The van der Waals surface area contributed by atoms with Crippen LogP contribution in [0.15, 0.2) is 24.3 Å². The van der Waals surface area contributed by atoms with Crippen molar-refractivity contribution in [1.29, 1.82) is 0 Å². The van der Waals surface area contributed by atoms with E-state index in [0.29, 0.717) is 36.3 Å². The molecule has 32 heavy (non-hydrogen) atoms. The molecule has 8 nitrogen and oxygen atoms in total. The number of rotatable bonds is 4. The molecule has 1 fully saturated rings. The molecule has 2 heterocycles. The summed E-state index contributed by atoms with van der Waals surface area (Å²) < 4.78 is 33.6. The van der Waals surface area contributed by atoms with Crippen molar-refractivity contribution >= 4 is 11.8 Å². The first-order valence-corrected chi connectivity index (χ1v) is 10.8. The predicted molar refractivity (Wildman–Crippen MR) is 116 cm³/mol. The summed E-state index contributed by atoms with van der Waals surface area (Å²) in [6, 6.07) is 3.45. The summed E-state index contributed by atoms with van der Waals surface area (Å²) >= 11 is 0. The molecular formula is C24H32O8. The van der Waals surface area contributed by atoms with Gasteiger partial charge in [-0.3, -0.25) is 4.79 Å². The first-order chi connectivity index (χ1) is 15.2. The van der Waals surface area contributed by atoms with Crippen molar-refractivity contribution in [2.45, 2.75) is 70.6 Å². The molecular weight excluding hydrogens is 416 g/mol. The summed E-state index contributed by atoms with van der Waals surface area (Å²) in [5.41, 5.74) is 1.08.